The van der Waals surface area contributed by atoms with Crippen molar-refractivity contribution in [2.45, 2.75) is 85.1 Å². The molecule has 210 valence electrons. The maximum Gasteiger partial charge on any atom is 0.336 e. The number of benzene rings is 2. The lowest BCUT2D eigenvalue weighted by atomic mass is 9.98. The lowest BCUT2D eigenvalue weighted by Crippen LogP contribution is -2.33. The molecule has 0 aliphatic carbocycles. The summed E-state index contributed by atoms with van der Waals surface area (Å²) < 4.78 is 2.27. The minimum Gasteiger partial charge on any atom is -0.478 e. The van der Waals surface area contributed by atoms with Crippen LogP contribution in [0, 0.1) is 11.8 Å². The average Bonchev–Trinajstić information content (AvgIpc) is 3.20. The zero-order valence-electron chi connectivity index (χ0n) is 23.9. The van der Waals surface area contributed by atoms with Gasteiger partial charge in [-0.1, -0.05) is 83.5 Å². The van der Waals surface area contributed by atoms with Crippen molar-refractivity contribution in [3.63, 3.8) is 0 Å². The number of unbranched alkanes of at least 4 members (excludes halogenated alkanes) is 1. The highest BCUT2D eigenvalue weighted by molar-refractivity contribution is 7.81. The summed E-state index contributed by atoms with van der Waals surface area (Å²) in [5, 5.41) is 12.4. The first-order valence-corrected chi connectivity index (χ1v) is 14.6. The number of aryl methyl sites for hydroxylation is 1. The maximum absolute atomic E-state index is 12.8. The molecule has 7 heteroatoms. The number of aromatic carboxylic acids is 1. The molecule has 1 aromatic heterocycles. The number of carbonyl (C=O) groups is 2. The molecule has 0 fully saturated rings. The summed E-state index contributed by atoms with van der Waals surface area (Å²) in [6.45, 7) is 11.8. The van der Waals surface area contributed by atoms with Crippen LogP contribution in [-0.2, 0) is 30.7 Å². The summed E-state index contributed by atoms with van der Waals surface area (Å²) >= 11 is 4.54. The molecule has 6 nitrogen and oxygen atoms in total. The van der Waals surface area contributed by atoms with Crippen molar-refractivity contribution in [3.05, 3.63) is 76.9 Å². The second-order valence-corrected chi connectivity index (χ2v) is 11.7. The summed E-state index contributed by atoms with van der Waals surface area (Å²) in [6, 6.07) is 15.1. The Morgan fingerprint density at radius 3 is 2.33 bits per heavy atom. The number of thiol groups is 1. The van der Waals surface area contributed by atoms with Crippen molar-refractivity contribution < 1.29 is 14.7 Å². The predicted molar refractivity (Wildman–Crippen MR) is 161 cm³/mol. The number of aromatic nitrogens is 2. The molecule has 2 N–H and O–H groups in total. The maximum atomic E-state index is 12.8. The van der Waals surface area contributed by atoms with Gasteiger partial charge in [0.05, 0.1) is 28.7 Å². The lowest BCUT2D eigenvalue weighted by molar-refractivity contribution is -0.121. The number of hydrogen-bond acceptors (Lipinski definition) is 4. The van der Waals surface area contributed by atoms with Gasteiger partial charge in [0.2, 0.25) is 5.91 Å². The number of rotatable bonds is 14. The molecule has 0 aliphatic rings. The van der Waals surface area contributed by atoms with E-state index in [9.17, 15) is 14.7 Å². The highest BCUT2D eigenvalue weighted by Gasteiger charge is 2.21. The van der Waals surface area contributed by atoms with E-state index in [0.717, 1.165) is 60.4 Å². The second-order valence-electron chi connectivity index (χ2n) is 11.1. The van der Waals surface area contributed by atoms with E-state index in [1.165, 1.54) is 0 Å². The SMILES string of the molecule is CCCCc1nc(CC(C)C)c(CNC(=O)[C@@H](S)CC(C)C)n1Cc1ccc(-c2ccccc2C(=O)O)cc1. The van der Waals surface area contributed by atoms with Gasteiger partial charge in [-0.15, -0.1) is 0 Å². The van der Waals surface area contributed by atoms with E-state index >= 15 is 0 Å². The van der Waals surface area contributed by atoms with E-state index in [0.29, 0.717) is 30.5 Å². The zero-order valence-corrected chi connectivity index (χ0v) is 24.8. The second kappa shape index (κ2) is 14.4. The summed E-state index contributed by atoms with van der Waals surface area (Å²) in [7, 11) is 0. The summed E-state index contributed by atoms with van der Waals surface area (Å²) in [5.41, 5.74) is 5.05. The van der Waals surface area contributed by atoms with Crippen LogP contribution in [0.1, 0.15) is 87.0 Å². The van der Waals surface area contributed by atoms with Crippen LogP contribution >= 0.6 is 12.6 Å². The molecule has 0 saturated heterocycles. The third-order valence-electron chi connectivity index (χ3n) is 6.78. The predicted octanol–water partition coefficient (Wildman–Crippen LogP) is 6.80. The molecule has 0 bridgehead atoms. The Labute approximate surface area is 238 Å². The Bertz CT molecular complexity index is 1250. The molecule has 0 aliphatic heterocycles. The van der Waals surface area contributed by atoms with Gasteiger partial charge in [-0.05, 0) is 53.9 Å². The Balaban J connectivity index is 1.93. The van der Waals surface area contributed by atoms with E-state index in [4.69, 9.17) is 4.98 Å². The van der Waals surface area contributed by atoms with Gasteiger partial charge in [-0.25, -0.2) is 9.78 Å². The standard InChI is InChI=1S/C32H43N3O3S/c1-6-7-12-30-34-27(17-21(2)3)28(19-33-31(36)29(39)18-22(4)5)35(30)20-23-13-15-24(16-14-23)25-10-8-9-11-26(25)32(37)38/h8-11,13-16,21-22,29,39H,6-7,12,17-20H2,1-5H3,(H,33,36)(H,37,38)/t29-/m0/s1. The molecule has 1 heterocycles. The minimum absolute atomic E-state index is 0.0492. The zero-order chi connectivity index (χ0) is 28.5. The van der Waals surface area contributed by atoms with Crippen LogP contribution in [0.2, 0.25) is 0 Å². The van der Waals surface area contributed by atoms with Gasteiger partial charge in [-0.2, -0.15) is 12.6 Å². The van der Waals surface area contributed by atoms with Crippen LogP contribution in [0.4, 0.5) is 0 Å². The van der Waals surface area contributed by atoms with Crippen molar-refractivity contribution in [2.75, 3.05) is 0 Å². The molecule has 0 spiro atoms. The molecular formula is C32H43N3O3S. The molecule has 0 unspecified atom stereocenters. The number of amides is 1. The molecule has 3 aromatic rings. The quantitative estimate of drug-likeness (QED) is 0.193. The fraction of sp³-hybridized carbons (Fsp3) is 0.469. The number of nitrogens with zero attached hydrogens (tertiary/aromatic N) is 2. The van der Waals surface area contributed by atoms with Crippen LogP contribution in [0.5, 0.6) is 0 Å². The number of carboxylic acids is 1. The van der Waals surface area contributed by atoms with E-state index in [1.54, 1.807) is 12.1 Å². The van der Waals surface area contributed by atoms with Crippen molar-refractivity contribution in [2.24, 2.45) is 11.8 Å². The molecule has 1 amide bonds. The highest BCUT2D eigenvalue weighted by atomic mass is 32.1. The monoisotopic (exact) mass is 549 g/mol. The fourth-order valence-electron chi connectivity index (χ4n) is 4.79. The topological polar surface area (TPSA) is 84.2 Å². The number of hydrogen-bond donors (Lipinski definition) is 3. The van der Waals surface area contributed by atoms with Crippen LogP contribution < -0.4 is 5.32 Å². The third kappa shape index (κ3) is 8.46. The highest BCUT2D eigenvalue weighted by Crippen LogP contribution is 2.26. The first-order chi connectivity index (χ1) is 18.6. The lowest BCUT2D eigenvalue weighted by Gasteiger charge is -2.17. The first kappa shape index (κ1) is 30.5. The van der Waals surface area contributed by atoms with E-state index in [2.05, 4.69) is 69.3 Å². The van der Waals surface area contributed by atoms with Crippen molar-refractivity contribution >= 4 is 24.5 Å². The average molecular weight is 550 g/mol. The minimum atomic E-state index is -0.935. The molecule has 3 rings (SSSR count). The van der Waals surface area contributed by atoms with Crippen molar-refractivity contribution in [1.29, 1.82) is 0 Å². The molecule has 0 saturated carbocycles. The molecule has 39 heavy (non-hydrogen) atoms. The van der Waals surface area contributed by atoms with Gasteiger partial charge in [0.15, 0.2) is 0 Å². The largest absolute Gasteiger partial charge is 0.478 e. The molecule has 2 aromatic carbocycles. The van der Waals surface area contributed by atoms with Crippen LogP contribution in [-0.4, -0.2) is 31.8 Å². The Kier molecular flexibility index (Phi) is 11.2. The van der Waals surface area contributed by atoms with Gasteiger partial charge in [0.1, 0.15) is 5.82 Å². The molecule has 0 radical (unpaired) electrons. The number of nitrogens with one attached hydrogen (secondary N) is 1. The van der Waals surface area contributed by atoms with Crippen LogP contribution in [0.3, 0.4) is 0 Å². The Morgan fingerprint density at radius 2 is 1.72 bits per heavy atom. The van der Waals surface area contributed by atoms with E-state index in [-0.39, 0.29) is 16.7 Å². The Morgan fingerprint density at radius 1 is 1.03 bits per heavy atom. The summed E-state index contributed by atoms with van der Waals surface area (Å²) in [6.07, 6.45) is 4.57. The summed E-state index contributed by atoms with van der Waals surface area (Å²) in [4.78, 5) is 29.6. The van der Waals surface area contributed by atoms with E-state index in [1.807, 2.05) is 24.3 Å². The van der Waals surface area contributed by atoms with Gasteiger partial charge >= 0.3 is 5.97 Å². The van der Waals surface area contributed by atoms with Gasteiger partial charge in [0.25, 0.3) is 0 Å². The first-order valence-electron chi connectivity index (χ1n) is 14.0. The van der Waals surface area contributed by atoms with Crippen molar-refractivity contribution in [3.8, 4) is 11.1 Å². The van der Waals surface area contributed by atoms with Crippen LogP contribution in [0.15, 0.2) is 48.5 Å². The number of carbonyl (C=O) groups excluding carboxylic acids is 1. The Hall–Kier alpha value is -3.06. The third-order valence-corrected chi connectivity index (χ3v) is 7.23. The van der Waals surface area contributed by atoms with Gasteiger partial charge in [0, 0.05) is 13.0 Å². The smallest absolute Gasteiger partial charge is 0.336 e. The number of imidazole rings is 1. The van der Waals surface area contributed by atoms with Crippen LogP contribution in [0.25, 0.3) is 11.1 Å². The van der Waals surface area contributed by atoms with Gasteiger partial charge in [-0.3, -0.25) is 4.79 Å². The number of carboxylic acid groups (broad SMARTS) is 1. The van der Waals surface area contributed by atoms with Gasteiger partial charge < -0.3 is 15.0 Å². The molecular weight excluding hydrogens is 506 g/mol. The molecule has 1 atom stereocenters. The normalized spacial score (nSPS) is 12.2. The van der Waals surface area contributed by atoms with E-state index < -0.39 is 5.97 Å². The fourth-order valence-corrected chi connectivity index (χ4v) is 5.30. The van der Waals surface area contributed by atoms with Crippen molar-refractivity contribution in [1.82, 2.24) is 14.9 Å². The summed E-state index contributed by atoms with van der Waals surface area (Å²) in [5.74, 6) is 0.892.